The van der Waals surface area contributed by atoms with E-state index >= 15 is 0 Å². The predicted molar refractivity (Wildman–Crippen MR) is 57.4 cm³/mol. The Morgan fingerprint density at radius 2 is 1.93 bits per heavy atom. The van der Waals surface area contributed by atoms with Crippen molar-refractivity contribution < 1.29 is 4.79 Å². The summed E-state index contributed by atoms with van der Waals surface area (Å²) in [6, 6.07) is 7.30. The zero-order chi connectivity index (χ0) is 9.26. The number of carbonyl (C=O) groups excluding carboxylic acids is 1. The molecule has 3 N–H and O–H groups in total. The fourth-order valence-electron chi connectivity index (χ4n) is 1.20. The van der Waals surface area contributed by atoms with Crippen molar-refractivity contribution in [3.8, 4) is 0 Å². The van der Waals surface area contributed by atoms with Crippen molar-refractivity contribution in [2.75, 3.05) is 5.73 Å². The Hall–Kier alpha value is -1.55. The van der Waals surface area contributed by atoms with Gasteiger partial charge in [-0.3, -0.25) is 4.79 Å². The molecule has 1 heterocycles. The number of carbonyl (C=O) groups is 1. The lowest BCUT2D eigenvalue weighted by atomic mass is 10.1. The van der Waals surface area contributed by atoms with Crippen LogP contribution in [0.4, 0.5) is 5.69 Å². The number of amides is 1. The average Bonchev–Trinajstić information content (AvgIpc) is 2.53. The molecule has 1 aromatic carbocycles. The van der Waals surface area contributed by atoms with Crippen molar-refractivity contribution in [3.05, 3.63) is 29.8 Å². The monoisotopic (exact) mass is 211 g/mol. The summed E-state index contributed by atoms with van der Waals surface area (Å²) >= 11 is 0. The van der Waals surface area contributed by atoms with Crippen LogP contribution in [0, 0.1) is 0 Å². The Balaban J connectivity index is 0.000000980. The number of benzene rings is 1. The van der Waals surface area contributed by atoms with E-state index in [0.717, 1.165) is 11.3 Å². The lowest BCUT2D eigenvalue weighted by molar-refractivity contribution is -0.119. The molecule has 2 rings (SSSR count). The third kappa shape index (κ3) is 2.03. The van der Waals surface area contributed by atoms with Gasteiger partial charge in [-0.25, -0.2) is 5.43 Å². The van der Waals surface area contributed by atoms with Gasteiger partial charge in [0.25, 0.3) is 0 Å². The number of nitrogens with one attached hydrogen (secondary N) is 1. The molecule has 1 aliphatic rings. The number of nitrogens with two attached hydrogens (primary N) is 1. The van der Waals surface area contributed by atoms with Gasteiger partial charge in [0.2, 0.25) is 5.91 Å². The van der Waals surface area contributed by atoms with Crippen molar-refractivity contribution in [3.63, 3.8) is 0 Å². The van der Waals surface area contributed by atoms with E-state index in [-0.39, 0.29) is 18.3 Å². The zero-order valence-electron chi connectivity index (χ0n) is 7.36. The van der Waals surface area contributed by atoms with Gasteiger partial charge in [0.05, 0.1) is 12.1 Å². The number of hydrogen-bond donors (Lipinski definition) is 2. The van der Waals surface area contributed by atoms with Crippen LogP contribution < -0.4 is 11.2 Å². The number of nitrogen functional groups attached to an aromatic ring is 1. The molecule has 0 radical (unpaired) electrons. The van der Waals surface area contributed by atoms with Gasteiger partial charge in [0.1, 0.15) is 0 Å². The highest BCUT2D eigenvalue weighted by atomic mass is 35.5. The van der Waals surface area contributed by atoms with Crippen LogP contribution in [0.2, 0.25) is 0 Å². The Labute approximate surface area is 87.6 Å². The van der Waals surface area contributed by atoms with Crippen molar-refractivity contribution in [1.29, 1.82) is 0 Å². The Morgan fingerprint density at radius 1 is 1.29 bits per heavy atom. The van der Waals surface area contributed by atoms with E-state index in [2.05, 4.69) is 10.5 Å². The zero-order valence-corrected chi connectivity index (χ0v) is 8.17. The first kappa shape index (κ1) is 10.5. The van der Waals surface area contributed by atoms with Crippen LogP contribution >= 0.6 is 12.4 Å². The summed E-state index contributed by atoms with van der Waals surface area (Å²) in [5.41, 5.74) is 10.3. The van der Waals surface area contributed by atoms with Gasteiger partial charge >= 0.3 is 0 Å². The average molecular weight is 212 g/mol. The van der Waals surface area contributed by atoms with Crippen molar-refractivity contribution in [1.82, 2.24) is 5.43 Å². The molecule has 74 valence electrons. The topological polar surface area (TPSA) is 67.5 Å². The summed E-state index contributed by atoms with van der Waals surface area (Å²) in [5, 5.41) is 3.89. The predicted octanol–water partition coefficient (Wildman–Crippen LogP) is 0.915. The maximum atomic E-state index is 10.8. The SMILES string of the molecule is Cl.Nc1ccc(C2=NNC(=O)C2)cc1. The maximum absolute atomic E-state index is 10.8. The summed E-state index contributed by atoms with van der Waals surface area (Å²) in [6.45, 7) is 0. The summed E-state index contributed by atoms with van der Waals surface area (Å²) < 4.78 is 0. The molecular weight excluding hydrogens is 202 g/mol. The molecule has 14 heavy (non-hydrogen) atoms. The third-order valence-electron chi connectivity index (χ3n) is 1.89. The second-order valence-corrected chi connectivity index (χ2v) is 2.89. The first-order chi connectivity index (χ1) is 6.25. The molecule has 0 aliphatic carbocycles. The Bertz CT molecular complexity index is 372. The minimum Gasteiger partial charge on any atom is -0.399 e. The number of rotatable bonds is 1. The summed E-state index contributed by atoms with van der Waals surface area (Å²) in [6.07, 6.45) is 0.351. The number of hydrogen-bond acceptors (Lipinski definition) is 3. The lowest BCUT2D eigenvalue weighted by Crippen LogP contribution is -2.09. The molecule has 0 saturated heterocycles. The molecule has 0 unspecified atom stereocenters. The number of halogens is 1. The summed E-state index contributed by atoms with van der Waals surface area (Å²) in [7, 11) is 0. The van der Waals surface area contributed by atoms with Crippen LogP contribution in [0.1, 0.15) is 12.0 Å². The number of hydrazone groups is 1. The molecule has 0 spiro atoms. The number of anilines is 1. The molecule has 0 saturated carbocycles. The lowest BCUT2D eigenvalue weighted by Gasteiger charge is -1.97. The second kappa shape index (κ2) is 4.11. The van der Waals surface area contributed by atoms with Gasteiger partial charge in [0.15, 0.2) is 0 Å². The molecule has 0 aromatic heterocycles. The Kier molecular flexibility index (Phi) is 3.09. The normalized spacial score (nSPS) is 14.3. The molecule has 1 amide bonds. The van der Waals surface area contributed by atoms with E-state index in [1.54, 1.807) is 12.1 Å². The van der Waals surface area contributed by atoms with Gasteiger partial charge in [-0.15, -0.1) is 12.4 Å². The van der Waals surface area contributed by atoms with Crippen LogP contribution in [-0.2, 0) is 4.79 Å². The molecule has 0 bridgehead atoms. The largest absolute Gasteiger partial charge is 0.399 e. The Morgan fingerprint density at radius 3 is 2.43 bits per heavy atom. The van der Waals surface area contributed by atoms with Gasteiger partial charge in [-0.05, 0) is 17.7 Å². The summed E-state index contributed by atoms with van der Waals surface area (Å²) in [4.78, 5) is 10.8. The molecule has 4 nitrogen and oxygen atoms in total. The molecule has 0 fully saturated rings. The van der Waals surface area contributed by atoms with Crippen LogP contribution in [0.5, 0.6) is 0 Å². The third-order valence-corrected chi connectivity index (χ3v) is 1.89. The van der Waals surface area contributed by atoms with E-state index in [4.69, 9.17) is 5.73 Å². The maximum Gasteiger partial charge on any atom is 0.246 e. The highest BCUT2D eigenvalue weighted by molar-refractivity contribution is 6.13. The fraction of sp³-hybridized carbons (Fsp3) is 0.111. The molecule has 0 atom stereocenters. The first-order valence-electron chi connectivity index (χ1n) is 3.97. The quantitative estimate of drug-likeness (QED) is 0.679. The van der Waals surface area contributed by atoms with E-state index in [9.17, 15) is 4.79 Å². The minimum absolute atomic E-state index is 0. The summed E-state index contributed by atoms with van der Waals surface area (Å²) in [5.74, 6) is -0.0631. The van der Waals surface area contributed by atoms with Gasteiger partial charge in [-0.1, -0.05) is 12.1 Å². The van der Waals surface area contributed by atoms with Gasteiger partial charge in [0, 0.05) is 5.69 Å². The smallest absolute Gasteiger partial charge is 0.246 e. The highest BCUT2D eigenvalue weighted by Crippen LogP contribution is 2.10. The van der Waals surface area contributed by atoms with Crippen molar-refractivity contribution in [2.45, 2.75) is 6.42 Å². The second-order valence-electron chi connectivity index (χ2n) is 2.89. The van der Waals surface area contributed by atoms with E-state index < -0.39 is 0 Å². The van der Waals surface area contributed by atoms with E-state index in [0.29, 0.717) is 12.1 Å². The van der Waals surface area contributed by atoms with E-state index in [1.807, 2.05) is 12.1 Å². The molecular formula is C9H10ClN3O. The van der Waals surface area contributed by atoms with E-state index in [1.165, 1.54) is 0 Å². The molecule has 1 aliphatic heterocycles. The van der Waals surface area contributed by atoms with Crippen LogP contribution in [0.25, 0.3) is 0 Å². The number of nitrogens with zero attached hydrogens (tertiary/aromatic N) is 1. The molecule has 1 aromatic rings. The minimum atomic E-state index is -0.0631. The van der Waals surface area contributed by atoms with Gasteiger partial charge < -0.3 is 5.73 Å². The highest BCUT2D eigenvalue weighted by Gasteiger charge is 2.15. The molecule has 5 heteroatoms. The first-order valence-corrected chi connectivity index (χ1v) is 3.97. The van der Waals surface area contributed by atoms with Crippen molar-refractivity contribution in [2.24, 2.45) is 5.10 Å². The van der Waals surface area contributed by atoms with Crippen LogP contribution in [0.15, 0.2) is 29.4 Å². The van der Waals surface area contributed by atoms with Crippen molar-refractivity contribution >= 4 is 29.7 Å². The fourth-order valence-corrected chi connectivity index (χ4v) is 1.20. The van der Waals surface area contributed by atoms with Gasteiger partial charge in [-0.2, -0.15) is 5.10 Å². The van der Waals surface area contributed by atoms with Crippen LogP contribution in [-0.4, -0.2) is 11.6 Å². The standard InChI is InChI=1S/C9H9N3O.ClH/c10-7-3-1-6(2-4-7)8-5-9(13)12-11-8;/h1-4H,5,10H2,(H,12,13);1H. The van der Waals surface area contributed by atoms with Crippen LogP contribution in [0.3, 0.4) is 0 Å².